The van der Waals surface area contributed by atoms with E-state index >= 15 is 0 Å². The molecule has 0 fully saturated rings. The molecule has 2 aliphatic heterocycles. The third kappa shape index (κ3) is 6.60. The van der Waals surface area contributed by atoms with Gasteiger partial charge in [0.05, 0.1) is 26.3 Å². The Morgan fingerprint density at radius 2 is 1.24 bits per heavy atom. The Bertz CT molecular complexity index is 2450. The van der Waals surface area contributed by atoms with Gasteiger partial charge in [0.1, 0.15) is 18.0 Å². The summed E-state index contributed by atoms with van der Waals surface area (Å²) in [5.74, 6) is 3.94. The zero-order chi connectivity index (χ0) is 37.9. The van der Waals surface area contributed by atoms with E-state index in [1.165, 1.54) is 19.1 Å². The number of hydrogen-bond donors (Lipinski definition) is 3. The number of carbonyl (C=O) groups is 3. The third-order valence-corrected chi connectivity index (χ3v) is 10.4. The summed E-state index contributed by atoms with van der Waals surface area (Å²) in [5.41, 5.74) is 9.62. The van der Waals surface area contributed by atoms with E-state index in [1.54, 1.807) is 0 Å². The molecule has 0 bridgehead atoms. The molecular formula is C44H37ClN4O5. The molecule has 0 spiro atoms. The van der Waals surface area contributed by atoms with Crippen LogP contribution in [-0.2, 0) is 36.7 Å². The fourth-order valence-corrected chi connectivity index (χ4v) is 7.79. The van der Waals surface area contributed by atoms with Gasteiger partial charge in [0.2, 0.25) is 5.91 Å². The molecule has 0 saturated heterocycles. The van der Waals surface area contributed by atoms with Crippen LogP contribution in [0.3, 0.4) is 0 Å². The smallest absolute Gasteiger partial charge is 0.328 e. The highest BCUT2D eigenvalue weighted by Gasteiger charge is 2.43. The van der Waals surface area contributed by atoms with Crippen molar-refractivity contribution < 1.29 is 23.9 Å². The first-order valence-corrected chi connectivity index (χ1v) is 17.9. The minimum absolute atomic E-state index is 0.118. The molecule has 4 atom stereocenters. The van der Waals surface area contributed by atoms with Crippen molar-refractivity contribution >= 4 is 51.3 Å². The molecule has 10 heteroatoms. The van der Waals surface area contributed by atoms with Crippen molar-refractivity contribution in [2.24, 2.45) is 0 Å². The van der Waals surface area contributed by atoms with Crippen molar-refractivity contribution in [3.05, 3.63) is 142 Å². The van der Waals surface area contributed by atoms with Crippen LogP contribution in [0.1, 0.15) is 56.9 Å². The summed E-state index contributed by atoms with van der Waals surface area (Å²) in [4.78, 5) is 46.2. The number of fused-ring (bicyclic) bond motifs is 6. The normalized spacial score (nSPS) is 18.6. The second-order valence-corrected chi connectivity index (χ2v) is 13.4. The molecule has 6 aromatic rings. The SMILES string of the molecule is C#Cc1ccc(C2NC(C(=O)OC)Cc3c2[nH]c2ccccc32)cc1.C#Cc1ccc(C2c3[nH]c4ccccc4c3CC(C(=O)OC)N2C(=O)CCl)cc1. The Labute approximate surface area is 318 Å². The second-order valence-electron chi connectivity index (χ2n) is 13.1. The lowest BCUT2D eigenvalue weighted by atomic mass is 9.87. The Morgan fingerprint density at radius 3 is 1.78 bits per heavy atom. The molecule has 0 saturated carbocycles. The number of nitrogens with one attached hydrogen (secondary N) is 3. The Balaban J connectivity index is 0.000000168. The number of halogens is 1. The van der Waals surface area contributed by atoms with Gasteiger partial charge in [-0.1, -0.05) is 72.5 Å². The van der Waals surface area contributed by atoms with Crippen LogP contribution in [0, 0.1) is 24.7 Å². The lowest BCUT2D eigenvalue weighted by Crippen LogP contribution is -2.52. The molecule has 2 aromatic heterocycles. The van der Waals surface area contributed by atoms with Crippen LogP contribution in [0.5, 0.6) is 0 Å². The number of alkyl halides is 1. The number of para-hydroxylation sites is 2. The lowest BCUT2D eigenvalue weighted by molar-refractivity contribution is -0.154. The maximum atomic E-state index is 12.9. The zero-order valence-electron chi connectivity index (χ0n) is 29.7. The first-order chi connectivity index (χ1) is 26.3. The van der Waals surface area contributed by atoms with E-state index in [0.717, 1.165) is 66.6 Å². The molecule has 8 rings (SSSR count). The minimum atomic E-state index is -0.768. The van der Waals surface area contributed by atoms with E-state index in [1.807, 2.05) is 84.9 Å². The number of benzene rings is 4. The van der Waals surface area contributed by atoms with Crippen molar-refractivity contribution in [2.75, 3.05) is 20.1 Å². The molecule has 4 heterocycles. The fourth-order valence-electron chi connectivity index (χ4n) is 7.66. The van der Waals surface area contributed by atoms with Gasteiger partial charge in [-0.05, 0) is 58.7 Å². The Morgan fingerprint density at radius 1 is 0.722 bits per heavy atom. The number of methoxy groups -OCH3 is 2. The number of aromatic nitrogens is 2. The number of rotatable bonds is 5. The number of carbonyl (C=O) groups excluding carboxylic acids is 3. The van der Waals surface area contributed by atoms with Crippen molar-refractivity contribution in [1.29, 1.82) is 0 Å². The van der Waals surface area contributed by atoms with Gasteiger partial charge in [-0.3, -0.25) is 14.9 Å². The molecule has 0 radical (unpaired) electrons. The number of hydrogen-bond acceptors (Lipinski definition) is 6. The van der Waals surface area contributed by atoms with Crippen LogP contribution < -0.4 is 5.32 Å². The molecule has 3 N–H and O–H groups in total. The van der Waals surface area contributed by atoms with E-state index in [0.29, 0.717) is 12.8 Å². The molecule has 54 heavy (non-hydrogen) atoms. The summed E-state index contributed by atoms with van der Waals surface area (Å²) < 4.78 is 10.0. The average molecular weight is 737 g/mol. The summed E-state index contributed by atoms with van der Waals surface area (Å²) in [7, 11) is 2.75. The largest absolute Gasteiger partial charge is 0.468 e. The second kappa shape index (κ2) is 15.4. The monoisotopic (exact) mass is 736 g/mol. The van der Waals surface area contributed by atoms with Crippen molar-refractivity contribution in [3.8, 4) is 24.7 Å². The molecule has 2 aliphatic rings. The number of H-pyrrole nitrogens is 2. The fraction of sp³-hybridized carbons (Fsp3) is 0.205. The lowest BCUT2D eigenvalue weighted by Gasteiger charge is -2.40. The third-order valence-electron chi connectivity index (χ3n) is 10.2. The van der Waals surface area contributed by atoms with Gasteiger partial charge < -0.3 is 24.3 Å². The summed E-state index contributed by atoms with van der Waals surface area (Å²) in [6.45, 7) is 0. The highest BCUT2D eigenvalue weighted by molar-refractivity contribution is 6.27. The van der Waals surface area contributed by atoms with Crippen LogP contribution in [0.15, 0.2) is 97.1 Å². The van der Waals surface area contributed by atoms with Crippen LogP contribution in [-0.4, -0.2) is 64.9 Å². The maximum absolute atomic E-state index is 12.9. The summed E-state index contributed by atoms with van der Waals surface area (Å²) in [6.07, 6.45) is 11.9. The minimum Gasteiger partial charge on any atom is -0.468 e. The molecular weight excluding hydrogens is 700 g/mol. The van der Waals surface area contributed by atoms with Crippen molar-refractivity contribution in [1.82, 2.24) is 20.2 Å². The molecule has 4 aromatic carbocycles. The van der Waals surface area contributed by atoms with Crippen LogP contribution in [0.2, 0.25) is 0 Å². The van der Waals surface area contributed by atoms with Gasteiger partial charge >= 0.3 is 11.9 Å². The molecule has 270 valence electrons. The predicted molar refractivity (Wildman–Crippen MR) is 209 cm³/mol. The highest BCUT2D eigenvalue weighted by Crippen LogP contribution is 2.41. The summed E-state index contributed by atoms with van der Waals surface area (Å²) in [5, 5.41) is 5.60. The Kier molecular flexibility index (Phi) is 10.3. The van der Waals surface area contributed by atoms with E-state index in [-0.39, 0.29) is 29.8 Å². The first kappa shape index (κ1) is 36.1. The zero-order valence-corrected chi connectivity index (χ0v) is 30.4. The topological polar surface area (TPSA) is 117 Å². The molecule has 9 nitrogen and oxygen atoms in total. The maximum Gasteiger partial charge on any atom is 0.328 e. The molecule has 1 amide bonds. The van der Waals surface area contributed by atoms with Crippen molar-refractivity contribution in [2.45, 2.75) is 37.0 Å². The molecule has 4 unspecified atom stereocenters. The van der Waals surface area contributed by atoms with Gasteiger partial charge in [0, 0.05) is 57.2 Å². The first-order valence-electron chi connectivity index (χ1n) is 17.4. The van der Waals surface area contributed by atoms with Crippen molar-refractivity contribution in [3.63, 3.8) is 0 Å². The standard InChI is InChI=1S/C23H19ClN2O3.C21H18N2O2/c1-3-14-8-10-15(11-9-14)22-21-17(16-6-4-5-7-18(16)25-21)12-19(23(28)29-2)26(22)20(27)13-24;1-3-13-8-10-14(11-9-13)19-20-16(12-18(23-19)21(24)25-2)15-6-4-5-7-17(15)22-20/h1,4-11,19,22,25H,12-13H2,2H3;1,4-11,18-19,22-23H,12H2,2H3. The number of nitrogens with zero attached hydrogens (tertiary/aromatic N) is 1. The number of aromatic amines is 2. The van der Waals surface area contributed by atoms with Gasteiger partial charge in [-0.25, -0.2) is 4.79 Å². The average Bonchev–Trinajstić information content (AvgIpc) is 3.80. The number of amides is 1. The highest BCUT2D eigenvalue weighted by atomic mass is 35.5. The summed E-state index contributed by atoms with van der Waals surface area (Å²) in [6, 6.07) is 29.5. The van der Waals surface area contributed by atoms with E-state index in [2.05, 4.69) is 39.3 Å². The van der Waals surface area contributed by atoms with Gasteiger partial charge in [-0.15, -0.1) is 24.4 Å². The Hall–Kier alpha value is -6.26. The van der Waals surface area contributed by atoms with Gasteiger partial charge in [0.15, 0.2) is 0 Å². The van der Waals surface area contributed by atoms with E-state index < -0.39 is 18.1 Å². The number of ether oxygens (including phenoxy) is 2. The van der Waals surface area contributed by atoms with Gasteiger partial charge in [0.25, 0.3) is 0 Å². The van der Waals surface area contributed by atoms with Crippen LogP contribution in [0.25, 0.3) is 21.8 Å². The number of esters is 2. The van der Waals surface area contributed by atoms with E-state index in [4.69, 9.17) is 33.9 Å². The van der Waals surface area contributed by atoms with Crippen LogP contribution in [0.4, 0.5) is 0 Å². The summed E-state index contributed by atoms with van der Waals surface area (Å²) >= 11 is 5.92. The number of terminal acetylenes is 2. The van der Waals surface area contributed by atoms with Crippen LogP contribution >= 0.6 is 11.6 Å². The van der Waals surface area contributed by atoms with E-state index in [9.17, 15) is 14.4 Å². The molecule has 0 aliphatic carbocycles. The predicted octanol–water partition coefficient (Wildman–Crippen LogP) is 6.33. The quantitative estimate of drug-likeness (QED) is 0.108. The van der Waals surface area contributed by atoms with Gasteiger partial charge in [-0.2, -0.15) is 0 Å².